The van der Waals surface area contributed by atoms with Gasteiger partial charge in [-0.25, -0.2) is 0 Å². The van der Waals surface area contributed by atoms with Crippen molar-refractivity contribution >= 4 is 22.1 Å². The van der Waals surface area contributed by atoms with Gasteiger partial charge in [0.15, 0.2) is 0 Å². The van der Waals surface area contributed by atoms with E-state index in [-0.39, 0.29) is 0 Å². The second-order valence-corrected chi connectivity index (χ2v) is 4.42. The van der Waals surface area contributed by atoms with Gasteiger partial charge in [-0.3, -0.25) is 0 Å². The Morgan fingerprint density at radius 2 is 1.33 bits per heavy atom. The molecule has 0 aliphatic heterocycles. The second kappa shape index (κ2) is 4.08. The quantitative estimate of drug-likeness (QED) is 0.631. The summed E-state index contributed by atoms with van der Waals surface area (Å²) in [4.78, 5) is 0. The number of fused-ring (bicyclic) bond motifs is 1. The molecule has 18 heavy (non-hydrogen) atoms. The smallest absolute Gasteiger partial charge is 0.0340 e. The Morgan fingerprint density at radius 1 is 0.667 bits per heavy atom. The fourth-order valence-corrected chi connectivity index (χ4v) is 2.31. The van der Waals surface area contributed by atoms with E-state index in [1.807, 2.05) is 24.3 Å². The maximum atomic E-state index is 5.86. The van der Waals surface area contributed by atoms with Gasteiger partial charge in [0.1, 0.15) is 0 Å². The molecule has 2 heteroatoms. The van der Waals surface area contributed by atoms with Crippen LogP contribution in [0.1, 0.15) is 0 Å². The zero-order valence-corrected chi connectivity index (χ0v) is 9.93. The summed E-state index contributed by atoms with van der Waals surface area (Å²) in [7, 11) is 0. The number of hydrogen-bond donors (Lipinski definition) is 2. The number of nitrogens with two attached hydrogens (primary N) is 2. The van der Waals surface area contributed by atoms with Crippen molar-refractivity contribution in [3.63, 3.8) is 0 Å². The third-order valence-corrected chi connectivity index (χ3v) is 3.08. The molecule has 0 radical (unpaired) electrons. The van der Waals surface area contributed by atoms with Crippen molar-refractivity contribution in [3.05, 3.63) is 60.7 Å². The highest BCUT2D eigenvalue weighted by Gasteiger charge is 2.04. The molecule has 0 aromatic heterocycles. The predicted octanol–water partition coefficient (Wildman–Crippen LogP) is 3.67. The molecule has 0 amide bonds. The molecule has 2 nitrogen and oxygen atoms in total. The molecule has 0 saturated carbocycles. The van der Waals surface area contributed by atoms with Crippen molar-refractivity contribution in [3.8, 4) is 11.1 Å². The molecule has 0 saturated heterocycles. The third-order valence-electron chi connectivity index (χ3n) is 3.08. The zero-order valence-electron chi connectivity index (χ0n) is 9.93. The van der Waals surface area contributed by atoms with E-state index in [1.165, 1.54) is 10.8 Å². The van der Waals surface area contributed by atoms with Crippen LogP contribution in [-0.4, -0.2) is 0 Å². The Bertz CT molecular complexity index is 692. The molecular formula is C16H14N2. The van der Waals surface area contributed by atoms with Gasteiger partial charge >= 0.3 is 0 Å². The van der Waals surface area contributed by atoms with Gasteiger partial charge in [-0.2, -0.15) is 0 Å². The first-order valence-electron chi connectivity index (χ1n) is 5.88. The molecule has 88 valence electrons. The van der Waals surface area contributed by atoms with Gasteiger partial charge in [0, 0.05) is 11.4 Å². The van der Waals surface area contributed by atoms with Crippen LogP contribution in [0, 0.1) is 0 Å². The van der Waals surface area contributed by atoms with Crippen LogP contribution in [-0.2, 0) is 0 Å². The minimum atomic E-state index is 0.693. The van der Waals surface area contributed by atoms with Crippen LogP contribution in [0.15, 0.2) is 60.7 Å². The number of benzene rings is 3. The lowest BCUT2D eigenvalue weighted by Gasteiger charge is -2.08. The zero-order chi connectivity index (χ0) is 12.5. The third kappa shape index (κ3) is 1.78. The molecule has 0 aliphatic rings. The lowest BCUT2D eigenvalue weighted by molar-refractivity contribution is 1.63. The van der Waals surface area contributed by atoms with Crippen molar-refractivity contribution in [2.75, 3.05) is 11.5 Å². The van der Waals surface area contributed by atoms with Gasteiger partial charge in [-0.1, -0.05) is 42.5 Å². The van der Waals surface area contributed by atoms with Crippen LogP contribution < -0.4 is 11.5 Å². The highest BCUT2D eigenvalue weighted by atomic mass is 14.6. The Balaban J connectivity index is 2.31. The minimum Gasteiger partial charge on any atom is -0.399 e. The monoisotopic (exact) mass is 234 g/mol. The van der Waals surface area contributed by atoms with Gasteiger partial charge in [-0.05, 0) is 40.1 Å². The van der Waals surface area contributed by atoms with E-state index in [0.717, 1.165) is 11.1 Å². The molecular weight excluding hydrogens is 220 g/mol. The van der Waals surface area contributed by atoms with E-state index in [9.17, 15) is 0 Å². The van der Waals surface area contributed by atoms with Crippen LogP contribution in [0.4, 0.5) is 11.4 Å². The van der Waals surface area contributed by atoms with E-state index in [1.54, 1.807) is 6.07 Å². The molecule has 0 bridgehead atoms. The molecule has 0 spiro atoms. The van der Waals surface area contributed by atoms with Crippen LogP contribution in [0.25, 0.3) is 21.9 Å². The van der Waals surface area contributed by atoms with Gasteiger partial charge in [-0.15, -0.1) is 0 Å². The van der Waals surface area contributed by atoms with Gasteiger partial charge in [0.25, 0.3) is 0 Å². The number of hydrogen-bond acceptors (Lipinski definition) is 2. The summed E-state index contributed by atoms with van der Waals surface area (Å²) in [6.45, 7) is 0. The summed E-state index contributed by atoms with van der Waals surface area (Å²) in [6, 6.07) is 20.2. The van der Waals surface area contributed by atoms with Gasteiger partial charge < -0.3 is 11.5 Å². The van der Waals surface area contributed by atoms with Crippen LogP contribution >= 0.6 is 0 Å². The van der Waals surface area contributed by atoms with Crippen LogP contribution in [0.5, 0.6) is 0 Å². The van der Waals surface area contributed by atoms with E-state index in [2.05, 4.69) is 30.3 Å². The highest BCUT2D eigenvalue weighted by molar-refractivity contribution is 5.97. The Morgan fingerprint density at radius 3 is 2.11 bits per heavy atom. The lowest BCUT2D eigenvalue weighted by Crippen LogP contribution is -1.91. The highest BCUT2D eigenvalue weighted by Crippen LogP contribution is 2.31. The predicted molar refractivity (Wildman–Crippen MR) is 78.2 cm³/mol. The van der Waals surface area contributed by atoms with E-state index >= 15 is 0 Å². The summed E-state index contributed by atoms with van der Waals surface area (Å²) in [6.07, 6.45) is 0. The molecule has 0 fully saturated rings. The molecule has 4 N–H and O–H groups in total. The number of nitrogen functional groups attached to an aromatic ring is 2. The molecule has 3 aromatic carbocycles. The SMILES string of the molecule is Nc1cc(N)cc(-c2cccc3ccccc23)c1. The standard InChI is InChI=1S/C16H14N2/c17-13-8-12(9-14(18)10-13)16-7-3-5-11-4-1-2-6-15(11)16/h1-10H,17-18H2. The average Bonchev–Trinajstić information content (AvgIpc) is 2.37. The summed E-state index contributed by atoms with van der Waals surface area (Å²) in [5.74, 6) is 0. The molecule has 3 aromatic rings. The average molecular weight is 234 g/mol. The van der Waals surface area contributed by atoms with Gasteiger partial charge in [0.05, 0.1) is 0 Å². The van der Waals surface area contributed by atoms with Crippen molar-refractivity contribution in [2.24, 2.45) is 0 Å². The summed E-state index contributed by atoms with van der Waals surface area (Å²) in [5, 5.41) is 2.43. The largest absolute Gasteiger partial charge is 0.399 e. The number of rotatable bonds is 1. The van der Waals surface area contributed by atoms with Crippen molar-refractivity contribution in [1.29, 1.82) is 0 Å². The molecule has 0 atom stereocenters. The molecule has 0 unspecified atom stereocenters. The first-order chi connectivity index (χ1) is 8.74. The van der Waals surface area contributed by atoms with E-state index in [4.69, 9.17) is 11.5 Å². The van der Waals surface area contributed by atoms with Crippen molar-refractivity contribution in [2.45, 2.75) is 0 Å². The van der Waals surface area contributed by atoms with Crippen LogP contribution in [0.2, 0.25) is 0 Å². The topological polar surface area (TPSA) is 52.0 Å². The molecule has 3 rings (SSSR count). The second-order valence-electron chi connectivity index (χ2n) is 4.42. The van der Waals surface area contributed by atoms with Gasteiger partial charge in [0.2, 0.25) is 0 Å². The minimum absolute atomic E-state index is 0.693. The first-order valence-corrected chi connectivity index (χ1v) is 5.88. The summed E-state index contributed by atoms with van der Waals surface area (Å²) < 4.78 is 0. The number of anilines is 2. The molecule has 0 aliphatic carbocycles. The summed E-state index contributed by atoms with van der Waals surface area (Å²) >= 11 is 0. The lowest BCUT2D eigenvalue weighted by atomic mass is 9.97. The maximum absolute atomic E-state index is 5.86. The van der Waals surface area contributed by atoms with Crippen molar-refractivity contribution in [1.82, 2.24) is 0 Å². The van der Waals surface area contributed by atoms with Crippen LogP contribution in [0.3, 0.4) is 0 Å². The fraction of sp³-hybridized carbons (Fsp3) is 0. The maximum Gasteiger partial charge on any atom is 0.0340 e. The Kier molecular flexibility index (Phi) is 2.41. The fourth-order valence-electron chi connectivity index (χ4n) is 2.31. The Hall–Kier alpha value is -2.48. The molecule has 0 heterocycles. The van der Waals surface area contributed by atoms with E-state index < -0.39 is 0 Å². The normalized spacial score (nSPS) is 10.7. The van der Waals surface area contributed by atoms with Crippen molar-refractivity contribution < 1.29 is 0 Å². The first kappa shape index (κ1) is 10.7. The van der Waals surface area contributed by atoms with E-state index in [0.29, 0.717) is 11.4 Å². The Labute approximate surface area is 106 Å². The summed E-state index contributed by atoms with van der Waals surface area (Å²) in [5.41, 5.74) is 15.3.